The number of fused-ring (bicyclic) bond motifs is 1. The quantitative estimate of drug-likeness (QED) is 0.607. The maximum absolute atomic E-state index is 14.4. The van der Waals surface area contributed by atoms with Gasteiger partial charge >= 0.3 is 5.97 Å². The van der Waals surface area contributed by atoms with Crippen molar-refractivity contribution < 1.29 is 23.5 Å². The molecule has 2 fully saturated rings. The summed E-state index contributed by atoms with van der Waals surface area (Å²) in [4.78, 5) is 30.4. The van der Waals surface area contributed by atoms with Gasteiger partial charge in [-0.15, -0.1) is 0 Å². The van der Waals surface area contributed by atoms with Gasteiger partial charge in [0.1, 0.15) is 28.6 Å². The lowest BCUT2D eigenvalue weighted by Crippen LogP contribution is -2.31. The second-order valence-electron chi connectivity index (χ2n) is 7.97. The molecule has 1 saturated carbocycles. The van der Waals surface area contributed by atoms with Crippen molar-refractivity contribution in [2.75, 3.05) is 16.8 Å². The summed E-state index contributed by atoms with van der Waals surface area (Å²) in [5.74, 6) is -2.18. The summed E-state index contributed by atoms with van der Waals surface area (Å²) in [5, 5.41) is 16.1. The van der Waals surface area contributed by atoms with Crippen LogP contribution in [0.1, 0.15) is 37.3 Å². The summed E-state index contributed by atoms with van der Waals surface area (Å²) < 4.78 is 29.6. The molecule has 31 heavy (non-hydrogen) atoms. The van der Waals surface area contributed by atoms with Crippen LogP contribution in [0.2, 0.25) is 0 Å². The standard InChI is InChI=1S/C21H19F2N5O3/c22-12-3-4-14(23)13(10-12)16-2-1-8-27(16)17-5-9-28-18(26-17)15(11-24-28)25-19(29)21(6-7-21)20(30)31/h3-5,9-11,16H,1-2,6-8H2,(H,25,29)(H,30,31). The van der Waals surface area contributed by atoms with Crippen molar-refractivity contribution >= 4 is 29.0 Å². The molecule has 5 rings (SSSR count). The van der Waals surface area contributed by atoms with Gasteiger partial charge in [-0.05, 0) is 49.9 Å². The lowest BCUT2D eigenvalue weighted by molar-refractivity contribution is -0.147. The molecule has 1 aliphatic carbocycles. The number of rotatable bonds is 5. The van der Waals surface area contributed by atoms with Gasteiger partial charge in [-0.25, -0.2) is 18.3 Å². The van der Waals surface area contributed by atoms with Gasteiger partial charge < -0.3 is 15.3 Å². The van der Waals surface area contributed by atoms with Gasteiger partial charge in [-0.3, -0.25) is 9.59 Å². The molecule has 2 aromatic heterocycles. The largest absolute Gasteiger partial charge is 0.480 e. The van der Waals surface area contributed by atoms with E-state index in [4.69, 9.17) is 0 Å². The van der Waals surface area contributed by atoms with Gasteiger partial charge in [0.05, 0.1) is 12.2 Å². The highest BCUT2D eigenvalue weighted by atomic mass is 19.1. The molecule has 10 heteroatoms. The smallest absolute Gasteiger partial charge is 0.319 e. The Balaban J connectivity index is 1.47. The van der Waals surface area contributed by atoms with Gasteiger partial charge in [0.15, 0.2) is 5.65 Å². The van der Waals surface area contributed by atoms with Crippen molar-refractivity contribution in [3.63, 3.8) is 0 Å². The van der Waals surface area contributed by atoms with E-state index in [0.717, 1.165) is 18.6 Å². The number of aliphatic carboxylic acids is 1. The number of carbonyl (C=O) groups excluding carboxylic acids is 1. The molecule has 160 valence electrons. The number of benzene rings is 1. The zero-order valence-corrected chi connectivity index (χ0v) is 16.4. The summed E-state index contributed by atoms with van der Waals surface area (Å²) >= 11 is 0. The number of halogens is 2. The van der Waals surface area contributed by atoms with E-state index >= 15 is 0 Å². The van der Waals surface area contributed by atoms with Crippen molar-refractivity contribution in [3.8, 4) is 0 Å². The number of nitrogens with zero attached hydrogens (tertiary/aromatic N) is 4. The molecule has 1 saturated heterocycles. The van der Waals surface area contributed by atoms with Gasteiger partial charge in [0.25, 0.3) is 0 Å². The van der Waals surface area contributed by atoms with E-state index in [0.29, 0.717) is 43.0 Å². The second kappa shape index (κ2) is 7.00. The van der Waals surface area contributed by atoms with Crippen LogP contribution in [-0.4, -0.2) is 38.1 Å². The fourth-order valence-corrected chi connectivity index (χ4v) is 4.15. The molecule has 2 N–H and O–H groups in total. The minimum Gasteiger partial charge on any atom is -0.480 e. The second-order valence-corrected chi connectivity index (χ2v) is 7.97. The number of carboxylic acid groups (broad SMARTS) is 1. The third kappa shape index (κ3) is 3.18. The van der Waals surface area contributed by atoms with Crippen LogP contribution in [0.25, 0.3) is 5.65 Å². The molecule has 1 amide bonds. The maximum atomic E-state index is 14.4. The zero-order chi connectivity index (χ0) is 21.8. The maximum Gasteiger partial charge on any atom is 0.319 e. The average molecular weight is 427 g/mol. The number of nitrogens with one attached hydrogen (secondary N) is 1. The molecule has 1 atom stereocenters. The Labute approximate surface area is 175 Å². The van der Waals surface area contributed by atoms with Crippen LogP contribution in [0.5, 0.6) is 0 Å². The lowest BCUT2D eigenvalue weighted by Gasteiger charge is -2.26. The van der Waals surface area contributed by atoms with Crippen molar-refractivity contribution in [1.82, 2.24) is 14.6 Å². The van der Waals surface area contributed by atoms with E-state index in [1.165, 1.54) is 16.8 Å². The van der Waals surface area contributed by atoms with E-state index < -0.39 is 28.9 Å². The molecule has 3 heterocycles. The van der Waals surface area contributed by atoms with Gasteiger partial charge in [-0.1, -0.05) is 0 Å². The molecule has 0 radical (unpaired) electrons. The molecule has 2 aliphatic rings. The van der Waals surface area contributed by atoms with Crippen LogP contribution in [0.3, 0.4) is 0 Å². The lowest BCUT2D eigenvalue weighted by atomic mass is 10.0. The number of aromatic nitrogens is 3. The van der Waals surface area contributed by atoms with Gasteiger partial charge in [-0.2, -0.15) is 5.10 Å². The first-order valence-electron chi connectivity index (χ1n) is 10.00. The highest BCUT2D eigenvalue weighted by molar-refractivity contribution is 6.11. The third-order valence-corrected chi connectivity index (χ3v) is 6.06. The number of carboxylic acids is 1. The summed E-state index contributed by atoms with van der Waals surface area (Å²) in [5.41, 5.74) is -0.469. The predicted molar refractivity (Wildman–Crippen MR) is 107 cm³/mol. The van der Waals surface area contributed by atoms with E-state index in [1.54, 1.807) is 12.3 Å². The fourth-order valence-electron chi connectivity index (χ4n) is 4.15. The Morgan fingerprint density at radius 1 is 1.23 bits per heavy atom. The van der Waals surface area contributed by atoms with Crippen LogP contribution in [0.4, 0.5) is 20.3 Å². The molecule has 1 aromatic carbocycles. The summed E-state index contributed by atoms with van der Waals surface area (Å²) in [7, 11) is 0. The monoisotopic (exact) mass is 427 g/mol. The van der Waals surface area contributed by atoms with Crippen LogP contribution in [-0.2, 0) is 9.59 Å². The van der Waals surface area contributed by atoms with Crippen molar-refractivity contribution in [2.24, 2.45) is 5.41 Å². The third-order valence-electron chi connectivity index (χ3n) is 6.06. The van der Waals surface area contributed by atoms with Crippen LogP contribution < -0.4 is 10.2 Å². The molecule has 0 spiro atoms. The molecule has 8 nitrogen and oxygen atoms in total. The van der Waals surface area contributed by atoms with Gasteiger partial charge in [0.2, 0.25) is 5.91 Å². The Morgan fingerprint density at radius 3 is 2.77 bits per heavy atom. The van der Waals surface area contributed by atoms with Crippen LogP contribution in [0, 0.1) is 17.0 Å². The number of hydrogen-bond acceptors (Lipinski definition) is 5. The first kappa shape index (κ1) is 19.4. The first-order valence-corrected chi connectivity index (χ1v) is 10.00. The van der Waals surface area contributed by atoms with Crippen molar-refractivity contribution in [2.45, 2.75) is 31.7 Å². The molecule has 1 unspecified atom stereocenters. The minimum atomic E-state index is -1.39. The highest BCUT2D eigenvalue weighted by Gasteiger charge is 2.57. The first-order chi connectivity index (χ1) is 14.9. The minimum absolute atomic E-state index is 0.276. The van der Waals surface area contributed by atoms with E-state index in [-0.39, 0.29) is 11.6 Å². The average Bonchev–Trinajstić information content (AvgIpc) is 3.28. The topological polar surface area (TPSA) is 99.8 Å². The highest BCUT2D eigenvalue weighted by Crippen LogP contribution is 2.47. The number of carbonyl (C=O) groups is 2. The Bertz CT molecular complexity index is 1210. The Morgan fingerprint density at radius 2 is 2.03 bits per heavy atom. The normalized spacial score (nSPS) is 19.5. The summed E-state index contributed by atoms with van der Waals surface area (Å²) in [6.07, 6.45) is 5.10. The molecular weight excluding hydrogens is 408 g/mol. The summed E-state index contributed by atoms with van der Waals surface area (Å²) in [6, 6.07) is 4.78. The van der Waals surface area contributed by atoms with Gasteiger partial charge in [0, 0.05) is 18.3 Å². The fraction of sp³-hybridized carbons (Fsp3) is 0.333. The zero-order valence-electron chi connectivity index (χ0n) is 16.4. The Kier molecular flexibility index (Phi) is 4.38. The molecule has 0 bridgehead atoms. The van der Waals surface area contributed by atoms with Crippen molar-refractivity contribution in [1.29, 1.82) is 0 Å². The molecule has 1 aliphatic heterocycles. The van der Waals surface area contributed by atoms with Crippen LogP contribution >= 0.6 is 0 Å². The Hall–Kier alpha value is -3.56. The van der Waals surface area contributed by atoms with Crippen molar-refractivity contribution in [3.05, 3.63) is 53.9 Å². The van der Waals surface area contributed by atoms with Crippen LogP contribution in [0.15, 0.2) is 36.7 Å². The molecule has 3 aromatic rings. The van der Waals surface area contributed by atoms with E-state index in [2.05, 4.69) is 15.4 Å². The molecular formula is C21H19F2N5O3. The summed E-state index contributed by atoms with van der Waals surface area (Å²) in [6.45, 7) is 0.613. The number of anilines is 2. The van der Waals surface area contributed by atoms with E-state index in [9.17, 15) is 23.5 Å². The SMILES string of the molecule is O=C(O)C1(C(=O)Nc2cnn3ccc(N4CCCC4c4cc(F)ccc4F)nc23)CC1. The predicted octanol–water partition coefficient (Wildman–Crippen LogP) is 3.15. The van der Waals surface area contributed by atoms with E-state index in [1.807, 2.05) is 4.90 Å². The number of hydrogen-bond donors (Lipinski definition) is 2. The number of amides is 1.